The molecule has 1 aliphatic rings. The number of nitrogens with one attached hydrogen (secondary N) is 1. The van der Waals surface area contributed by atoms with E-state index in [9.17, 15) is 10.1 Å². The molecule has 1 fully saturated rings. The first-order valence-electron chi connectivity index (χ1n) is 8.11. The molecule has 3 rings (SSSR count). The van der Waals surface area contributed by atoms with Crippen molar-refractivity contribution in [1.82, 2.24) is 0 Å². The number of hydrogen-bond acceptors (Lipinski definition) is 3. The summed E-state index contributed by atoms with van der Waals surface area (Å²) in [5.74, 6) is 0. The van der Waals surface area contributed by atoms with Gasteiger partial charge >= 0.3 is 0 Å². The van der Waals surface area contributed by atoms with Crippen LogP contribution in [0.1, 0.15) is 11.1 Å². The molecule has 0 aliphatic carbocycles. The van der Waals surface area contributed by atoms with E-state index >= 15 is 0 Å². The standard InChI is InChI=1S/C18H20ClN3O2/c1-14-4-2-3-5-15(14)13-20-8-10-21(11-9-20)18-7-6-16(22(23)24)12-17(18)19/h2-7,12H,8-11,13H2,1H3/p+1. The van der Waals surface area contributed by atoms with Crippen molar-refractivity contribution in [1.29, 1.82) is 0 Å². The quantitative estimate of drug-likeness (QED) is 0.683. The lowest BCUT2D eigenvalue weighted by atomic mass is 10.1. The second kappa shape index (κ2) is 7.20. The first-order chi connectivity index (χ1) is 11.5. The molecule has 6 heteroatoms. The SMILES string of the molecule is Cc1ccccc1C[NH+]1CCN(c2ccc([N+](=O)[O-])cc2Cl)CC1. The number of hydrogen-bond donors (Lipinski definition) is 1. The maximum atomic E-state index is 10.8. The Morgan fingerprint density at radius 1 is 1.21 bits per heavy atom. The molecule has 0 aromatic heterocycles. The van der Waals surface area contributed by atoms with Crippen LogP contribution in [0.25, 0.3) is 0 Å². The fourth-order valence-electron chi connectivity index (χ4n) is 3.18. The smallest absolute Gasteiger partial charge is 0.271 e. The maximum Gasteiger partial charge on any atom is 0.271 e. The highest BCUT2D eigenvalue weighted by atomic mass is 35.5. The van der Waals surface area contributed by atoms with Gasteiger partial charge < -0.3 is 9.80 Å². The molecule has 0 spiro atoms. The van der Waals surface area contributed by atoms with Crippen LogP contribution in [0.2, 0.25) is 5.02 Å². The number of aryl methyl sites for hydroxylation is 1. The summed E-state index contributed by atoms with van der Waals surface area (Å²) >= 11 is 6.24. The molecule has 0 bridgehead atoms. The number of rotatable bonds is 4. The van der Waals surface area contributed by atoms with E-state index in [4.69, 9.17) is 11.6 Å². The monoisotopic (exact) mass is 346 g/mol. The second-order valence-corrected chi connectivity index (χ2v) is 6.64. The number of piperazine rings is 1. The summed E-state index contributed by atoms with van der Waals surface area (Å²) in [5, 5.41) is 11.3. The molecule has 1 heterocycles. The van der Waals surface area contributed by atoms with Crippen molar-refractivity contribution in [3.8, 4) is 0 Å². The molecule has 2 aromatic carbocycles. The summed E-state index contributed by atoms with van der Waals surface area (Å²) in [6, 6.07) is 13.2. The third kappa shape index (κ3) is 3.68. The summed E-state index contributed by atoms with van der Waals surface area (Å²) in [5.41, 5.74) is 3.66. The largest absolute Gasteiger partial charge is 0.359 e. The molecule has 1 N–H and O–H groups in total. The Bertz CT molecular complexity index is 743. The number of benzene rings is 2. The maximum absolute atomic E-state index is 10.8. The van der Waals surface area contributed by atoms with Crippen LogP contribution in [0.5, 0.6) is 0 Å². The normalized spacial score (nSPS) is 15.5. The fourth-order valence-corrected chi connectivity index (χ4v) is 3.48. The first-order valence-corrected chi connectivity index (χ1v) is 8.49. The van der Waals surface area contributed by atoms with Gasteiger partial charge in [-0.25, -0.2) is 0 Å². The van der Waals surface area contributed by atoms with Crippen molar-refractivity contribution < 1.29 is 9.82 Å². The fraction of sp³-hybridized carbons (Fsp3) is 0.333. The molecule has 126 valence electrons. The number of nitro benzene ring substituents is 1. The van der Waals surface area contributed by atoms with E-state index in [1.807, 2.05) is 0 Å². The average Bonchev–Trinajstić information content (AvgIpc) is 2.58. The lowest BCUT2D eigenvalue weighted by Crippen LogP contribution is -3.13. The summed E-state index contributed by atoms with van der Waals surface area (Å²) in [4.78, 5) is 14.2. The molecule has 0 radical (unpaired) electrons. The third-order valence-electron chi connectivity index (χ3n) is 4.66. The minimum Gasteiger partial charge on any atom is -0.359 e. The van der Waals surface area contributed by atoms with Crippen molar-refractivity contribution in [3.05, 3.63) is 68.7 Å². The molecule has 24 heavy (non-hydrogen) atoms. The van der Waals surface area contributed by atoms with Crippen LogP contribution in [-0.2, 0) is 6.54 Å². The summed E-state index contributed by atoms with van der Waals surface area (Å²) < 4.78 is 0. The molecular formula is C18H21ClN3O2+. The Hall–Kier alpha value is -2.11. The number of halogens is 1. The van der Waals surface area contributed by atoms with Crippen molar-refractivity contribution >= 4 is 23.0 Å². The number of nitrogens with zero attached hydrogens (tertiary/aromatic N) is 2. The molecule has 0 saturated carbocycles. The van der Waals surface area contributed by atoms with Crippen LogP contribution in [0.15, 0.2) is 42.5 Å². The first kappa shape index (κ1) is 16.7. The van der Waals surface area contributed by atoms with Gasteiger partial charge in [-0.15, -0.1) is 0 Å². The molecule has 0 unspecified atom stereocenters. The zero-order valence-electron chi connectivity index (χ0n) is 13.7. The van der Waals surface area contributed by atoms with E-state index < -0.39 is 4.92 Å². The predicted octanol–water partition coefficient (Wildman–Crippen LogP) is 2.46. The van der Waals surface area contributed by atoms with Crippen LogP contribution in [0, 0.1) is 17.0 Å². The zero-order chi connectivity index (χ0) is 17.1. The van der Waals surface area contributed by atoms with Gasteiger partial charge in [0.15, 0.2) is 0 Å². The zero-order valence-corrected chi connectivity index (χ0v) is 14.4. The van der Waals surface area contributed by atoms with E-state index in [0.717, 1.165) is 38.4 Å². The van der Waals surface area contributed by atoms with Gasteiger partial charge in [-0.05, 0) is 18.6 Å². The molecule has 1 saturated heterocycles. The lowest BCUT2D eigenvalue weighted by molar-refractivity contribution is -0.914. The Morgan fingerprint density at radius 2 is 1.92 bits per heavy atom. The second-order valence-electron chi connectivity index (χ2n) is 6.23. The number of anilines is 1. The molecule has 1 aliphatic heterocycles. The third-order valence-corrected chi connectivity index (χ3v) is 4.96. The van der Waals surface area contributed by atoms with Gasteiger partial charge in [0.2, 0.25) is 0 Å². The van der Waals surface area contributed by atoms with E-state index in [1.54, 1.807) is 11.0 Å². The number of non-ortho nitro benzene ring substituents is 1. The summed E-state index contributed by atoms with van der Waals surface area (Å²) in [6.45, 7) is 7.05. The minimum absolute atomic E-state index is 0.0348. The summed E-state index contributed by atoms with van der Waals surface area (Å²) in [7, 11) is 0. The molecule has 0 amide bonds. The number of nitro groups is 1. The van der Waals surface area contributed by atoms with Gasteiger partial charge in [-0.2, -0.15) is 0 Å². The van der Waals surface area contributed by atoms with Crippen LogP contribution in [-0.4, -0.2) is 31.1 Å². The van der Waals surface area contributed by atoms with Gasteiger partial charge in [0.1, 0.15) is 6.54 Å². The van der Waals surface area contributed by atoms with Crippen LogP contribution in [0.3, 0.4) is 0 Å². The van der Waals surface area contributed by atoms with Gasteiger partial charge in [0, 0.05) is 17.7 Å². The molecule has 0 atom stereocenters. The van der Waals surface area contributed by atoms with E-state index in [0.29, 0.717) is 5.02 Å². The van der Waals surface area contributed by atoms with Crippen molar-refractivity contribution in [2.75, 3.05) is 31.1 Å². The van der Waals surface area contributed by atoms with Gasteiger partial charge in [0.05, 0.1) is 41.8 Å². The van der Waals surface area contributed by atoms with Crippen molar-refractivity contribution in [2.45, 2.75) is 13.5 Å². The minimum atomic E-state index is -0.417. The Kier molecular flexibility index (Phi) is 5.02. The molecular weight excluding hydrogens is 326 g/mol. The average molecular weight is 347 g/mol. The van der Waals surface area contributed by atoms with Crippen molar-refractivity contribution in [2.24, 2.45) is 0 Å². The van der Waals surface area contributed by atoms with Crippen molar-refractivity contribution in [3.63, 3.8) is 0 Å². The Morgan fingerprint density at radius 3 is 2.54 bits per heavy atom. The van der Waals surface area contributed by atoms with E-state index in [2.05, 4.69) is 36.1 Å². The van der Waals surface area contributed by atoms with Crippen LogP contribution in [0.4, 0.5) is 11.4 Å². The molecule has 2 aromatic rings. The highest BCUT2D eigenvalue weighted by Gasteiger charge is 2.23. The highest BCUT2D eigenvalue weighted by Crippen LogP contribution is 2.29. The van der Waals surface area contributed by atoms with Gasteiger partial charge in [0.25, 0.3) is 5.69 Å². The Labute approximate surface area is 146 Å². The highest BCUT2D eigenvalue weighted by molar-refractivity contribution is 6.33. The van der Waals surface area contributed by atoms with E-state index in [1.165, 1.54) is 23.3 Å². The number of quaternary nitrogens is 1. The summed E-state index contributed by atoms with van der Waals surface area (Å²) in [6.07, 6.45) is 0. The molecule has 5 nitrogen and oxygen atoms in total. The Balaban J connectivity index is 1.63. The topological polar surface area (TPSA) is 50.8 Å². The van der Waals surface area contributed by atoms with Crippen LogP contribution < -0.4 is 9.80 Å². The van der Waals surface area contributed by atoms with E-state index in [-0.39, 0.29) is 5.69 Å². The van der Waals surface area contributed by atoms with Crippen LogP contribution >= 0.6 is 11.6 Å². The van der Waals surface area contributed by atoms with Gasteiger partial charge in [-0.3, -0.25) is 10.1 Å². The lowest BCUT2D eigenvalue weighted by Gasteiger charge is -2.34. The van der Waals surface area contributed by atoms with Gasteiger partial charge in [-0.1, -0.05) is 35.9 Å². The predicted molar refractivity (Wildman–Crippen MR) is 95.9 cm³/mol.